The van der Waals surface area contributed by atoms with Crippen molar-refractivity contribution < 1.29 is 4.70 Å². The van der Waals surface area contributed by atoms with E-state index >= 15 is 0 Å². The van der Waals surface area contributed by atoms with Gasteiger partial charge in [0.1, 0.15) is 0 Å². The van der Waals surface area contributed by atoms with Crippen LogP contribution in [0, 0.1) is 0 Å². The van der Waals surface area contributed by atoms with Crippen LogP contribution in [0.3, 0.4) is 0 Å². The van der Waals surface area contributed by atoms with Crippen LogP contribution in [0.15, 0.2) is 0 Å². The van der Waals surface area contributed by atoms with Gasteiger partial charge < -0.3 is 0 Å². The quantitative estimate of drug-likeness (QED) is 0.374. The fourth-order valence-corrected chi connectivity index (χ4v) is 0.633. The van der Waals surface area contributed by atoms with Crippen LogP contribution in [-0.2, 0) is 4.70 Å². The minimum absolute atomic E-state index is 0.479. The summed E-state index contributed by atoms with van der Waals surface area (Å²) in [6.07, 6.45) is 1.56. The number of alkyl halides is 1. The van der Waals surface area contributed by atoms with Gasteiger partial charge in [-0.3, -0.25) is 0 Å². The molecule has 0 saturated heterocycles. The summed E-state index contributed by atoms with van der Waals surface area (Å²) in [5.74, 6) is 0. The summed E-state index contributed by atoms with van der Waals surface area (Å²) >= 11 is 3.27. The number of rotatable bonds is 5. The molecule has 0 aliphatic heterocycles. The second kappa shape index (κ2) is 7.30. The maximum atomic E-state index is 9.69. The van der Waals surface area contributed by atoms with Crippen molar-refractivity contribution >= 4 is 23.1 Å². The second-order valence-corrected chi connectivity index (χ2v) is 2.21. The fraction of sp³-hybridized carbons (Fsp3) is 1.00. The van der Waals surface area contributed by atoms with Gasteiger partial charge in [-0.15, -0.1) is 0 Å². The average molecular weight is 178 g/mol. The topological polar surface area (TPSA) is 29.1 Å². The van der Waals surface area contributed by atoms with Gasteiger partial charge >= 0.3 is 57.8 Å². The Morgan fingerprint density at radius 1 is 1.62 bits per heavy atom. The summed E-state index contributed by atoms with van der Waals surface area (Å²) in [6.45, 7) is 0.921. The zero-order chi connectivity index (χ0) is 6.24. The van der Waals surface area contributed by atoms with Crippen LogP contribution in [0.2, 0.25) is 0 Å². The summed E-state index contributed by atoms with van der Waals surface area (Å²) in [5.41, 5.74) is 0. The van der Waals surface area contributed by atoms with Crippen molar-refractivity contribution in [3.63, 3.8) is 0 Å². The minimum atomic E-state index is 0.479. The Labute approximate surface area is 58.4 Å². The van der Waals surface area contributed by atoms with Gasteiger partial charge in [-0.25, -0.2) is 0 Å². The standard InChI is InChI=1S/C4H9BBrNO/c6-2-1-3-7-4-5-8/h7H,1-4H2. The van der Waals surface area contributed by atoms with Crippen molar-refractivity contribution in [3.05, 3.63) is 0 Å². The first-order valence-electron chi connectivity index (χ1n) is 2.62. The summed E-state index contributed by atoms with van der Waals surface area (Å²) in [5, 5.41) is 3.94. The molecule has 0 amide bonds. The van der Waals surface area contributed by atoms with Crippen molar-refractivity contribution in [2.75, 3.05) is 18.3 Å². The van der Waals surface area contributed by atoms with Crippen molar-refractivity contribution in [3.8, 4) is 0 Å². The monoisotopic (exact) mass is 177 g/mol. The van der Waals surface area contributed by atoms with E-state index in [1.165, 1.54) is 0 Å². The van der Waals surface area contributed by atoms with Crippen molar-refractivity contribution in [2.45, 2.75) is 6.42 Å². The van der Waals surface area contributed by atoms with Gasteiger partial charge in [0.05, 0.1) is 0 Å². The number of hydrogen-bond donors (Lipinski definition) is 1. The van der Waals surface area contributed by atoms with Gasteiger partial charge in [-0.1, -0.05) is 0 Å². The number of hydrogen-bond acceptors (Lipinski definition) is 2. The van der Waals surface area contributed by atoms with Gasteiger partial charge in [0.2, 0.25) is 0 Å². The van der Waals surface area contributed by atoms with Crippen LogP contribution in [0.25, 0.3) is 0 Å². The zero-order valence-corrected chi connectivity index (χ0v) is 6.28. The predicted molar refractivity (Wildman–Crippen MR) is 37.7 cm³/mol. The first-order valence-corrected chi connectivity index (χ1v) is 3.74. The van der Waals surface area contributed by atoms with E-state index in [9.17, 15) is 4.70 Å². The van der Waals surface area contributed by atoms with E-state index in [0.29, 0.717) is 6.44 Å². The predicted octanol–water partition coefficient (Wildman–Crippen LogP) is 0.368. The third-order valence-electron chi connectivity index (χ3n) is 0.715. The molecule has 0 heterocycles. The average Bonchev–Trinajstić information content (AvgIpc) is 1.81. The van der Waals surface area contributed by atoms with Gasteiger partial charge in [-0.05, 0) is 0 Å². The molecule has 0 fully saturated rings. The van der Waals surface area contributed by atoms with E-state index in [-0.39, 0.29) is 0 Å². The molecule has 2 nitrogen and oxygen atoms in total. The number of halogens is 1. The Hall–Kier alpha value is 0.305. The molecule has 4 heteroatoms. The molecular formula is C4H9BBrNO. The van der Waals surface area contributed by atoms with Crippen LogP contribution < -0.4 is 5.32 Å². The summed E-state index contributed by atoms with van der Waals surface area (Å²) < 4.78 is 9.69. The molecule has 0 aromatic heterocycles. The van der Waals surface area contributed by atoms with E-state index in [4.69, 9.17) is 0 Å². The molecule has 0 bridgehead atoms. The van der Waals surface area contributed by atoms with Gasteiger partial charge in [-0.2, -0.15) is 0 Å². The van der Waals surface area contributed by atoms with Crippen LogP contribution in [0.1, 0.15) is 6.42 Å². The van der Waals surface area contributed by atoms with Crippen LogP contribution in [-0.4, -0.2) is 25.5 Å². The normalized spacial score (nSPS) is 8.62. The third-order valence-corrected chi connectivity index (χ3v) is 1.28. The summed E-state index contributed by atoms with van der Waals surface area (Å²) in [6, 6.07) is 0. The molecule has 0 aliphatic rings. The Balaban J connectivity index is 2.62. The molecule has 0 aromatic rings. The first kappa shape index (κ1) is 8.30. The SMILES string of the molecule is O=BCNCCCBr. The molecule has 1 N–H and O–H groups in total. The molecule has 0 aliphatic carbocycles. The first-order chi connectivity index (χ1) is 3.91. The molecule has 0 saturated carbocycles. The van der Waals surface area contributed by atoms with Crippen LogP contribution >= 0.6 is 15.9 Å². The van der Waals surface area contributed by atoms with E-state index < -0.39 is 0 Å². The molecule has 0 atom stereocenters. The van der Waals surface area contributed by atoms with Crippen LogP contribution in [0.5, 0.6) is 0 Å². The van der Waals surface area contributed by atoms with E-state index in [0.717, 1.165) is 25.4 Å². The van der Waals surface area contributed by atoms with E-state index in [2.05, 4.69) is 21.2 Å². The second-order valence-electron chi connectivity index (χ2n) is 1.41. The molecule has 0 rings (SSSR count). The molecule has 0 aromatic carbocycles. The molecule has 0 radical (unpaired) electrons. The van der Waals surface area contributed by atoms with Gasteiger partial charge in [0.25, 0.3) is 0 Å². The molecule has 46 valence electrons. The summed E-state index contributed by atoms with van der Waals surface area (Å²) in [4.78, 5) is 0. The Morgan fingerprint density at radius 2 is 2.38 bits per heavy atom. The number of nitrogens with one attached hydrogen (secondary N) is 1. The van der Waals surface area contributed by atoms with Gasteiger partial charge in [0, 0.05) is 0 Å². The van der Waals surface area contributed by atoms with Crippen molar-refractivity contribution in [2.24, 2.45) is 0 Å². The Kier molecular flexibility index (Phi) is 7.58. The van der Waals surface area contributed by atoms with Crippen LogP contribution in [0.4, 0.5) is 0 Å². The molecule has 0 unspecified atom stereocenters. The third kappa shape index (κ3) is 6.30. The maximum absolute atomic E-state index is 9.69. The van der Waals surface area contributed by atoms with Crippen molar-refractivity contribution in [1.82, 2.24) is 5.32 Å². The van der Waals surface area contributed by atoms with Gasteiger partial charge in [0.15, 0.2) is 0 Å². The summed E-state index contributed by atoms with van der Waals surface area (Å²) in [7, 11) is 0.869. The Morgan fingerprint density at radius 3 is 2.88 bits per heavy atom. The Bertz CT molecular complexity index is 62.0. The van der Waals surface area contributed by atoms with E-state index in [1.54, 1.807) is 0 Å². The zero-order valence-electron chi connectivity index (χ0n) is 4.69. The fourth-order valence-electron chi connectivity index (χ4n) is 0.353. The van der Waals surface area contributed by atoms with E-state index in [1.807, 2.05) is 0 Å². The molecule has 0 spiro atoms. The molecular weight excluding hydrogens is 169 g/mol. The van der Waals surface area contributed by atoms with Crippen molar-refractivity contribution in [1.29, 1.82) is 0 Å². The molecule has 8 heavy (non-hydrogen) atoms.